The molecule has 1 N–H and O–H groups in total. The highest BCUT2D eigenvalue weighted by Crippen LogP contribution is 2.40. The van der Waals surface area contributed by atoms with E-state index in [0.717, 1.165) is 18.9 Å². The Labute approximate surface area is 120 Å². The molecule has 1 saturated carbocycles. The van der Waals surface area contributed by atoms with Gasteiger partial charge in [0.1, 0.15) is 0 Å². The summed E-state index contributed by atoms with van der Waals surface area (Å²) in [5.74, 6) is 0.796. The van der Waals surface area contributed by atoms with Crippen LogP contribution in [0.3, 0.4) is 0 Å². The third-order valence-corrected chi connectivity index (χ3v) is 4.42. The summed E-state index contributed by atoms with van der Waals surface area (Å²) in [6, 6.07) is 0.500. The number of nitrogens with one attached hydrogen (secondary N) is 1. The molecule has 0 amide bonds. The maximum absolute atomic E-state index is 6.38. The molecule has 0 saturated heterocycles. The monoisotopic (exact) mass is 269 g/mol. The van der Waals surface area contributed by atoms with Gasteiger partial charge in [-0.2, -0.15) is 0 Å². The second kappa shape index (κ2) is 7.64. The van der Waals surface area contributed by atoms with E-state index in [9.17, 15) is 0 Å². The molecule has 4 atom stereocenters. The van der Waals surface area contributed by atoms with E-state index in [1.807, 2.05) is 0 Å². The summed E-state index contributed by atoms with van der Waals surface area (Å²) in [5, 5.41) is 3.62. The minimum atomic E-state index is 0.322. The number of hydrogen-bond acceptors (Lipinski definition) is 2. The Morgan fingerprint density at radius 3 is 2.47 bits per heavy atom. The molecule has 0 aromatic heterocycles. The Balaban J connectivity index is 2.47. The minimum Gasteiger partial charge on any atom is -0.374 e. The summed E-state index contributed by atoms with van der Waals surface area (Å²) in [7, 11) is 0. The summed E-state index contributed by atoms with van der Waals surface area (Å²) in [6.07, 6.45) is 6.90. The Morgan fingerprint density at radius 1 is 1.26 bits per heavy atom. The number of rotatable bonds is 7. The van der Waals surface area contributed by atoms with E-state index in [0.29, 0.717) is 23.7 Å². The van der Waals surface area contributed by atoms with Gasteiger partial charge < -0.3 is 10.1 Å². The maximum atomic E-state index is 6.38. The zero-order valence-corrected chi connectivity index (χ0v) is 14.0. The molecule has 2 nitrogen and oxygen atoms in total. The van der Waals surface area contributed by atoms with Gasteiger partial charge in [0.05, 0.1) is 12.2 Å². The van der Waals surface area contributed by atoms with Gasteiger partial charge in [0.25, 0.3) is 0 Å². The molecular formula is C17H35NO. The highest BCUT2D eigenvalue weighted by atomic mass is 16.5. The molecule has 19 heavy (non-hydrogen) atoms. The lowest BCUT2D eigenvalue weighted by Crippen LogP contribution is -2.43. The molecule has 4 unspecified atom stereocenters. The third-order valence-electron chi connectivity index (χ3n) is 4.42. The van der Waals surface area contributed by atoms with Crippen molar-refractivity contribution in [3.8, 4) is 0 Å². The van der Waals surface area contributed by atoms with Crippen LogP contribution in [0.5, 0.6) is 0 Å². The van der Waals surface area contributed by atoms with E-state index >= 15 is 0 Å². The quantitative estimate of drug-likeness (QED) is 0.740. The van der Waals surface area contributed by atoms with Crippen LogP contribution in [0, 0.1) is 11.3 Å². The molecule has 2 heteroatoms. The number of ether oxygens (including phenoxy) is 1. The van der Waals surface area contributed by atoms with E-state index in [1.54, 1.807) is 0 Å². The van der Waals surface area contributed by atoms with Crippen LogP contribution >= 0.6 is 0 Å². The van der Waals surface area contributed by atoms with Crippen LogP contribution in [0.1, 0.15) is 73.6 Å². The van der Waals surface area contributed by atoms with Gasteiger partial charge in [-0.3, -0.25) is 0 Å². The van der Waals surface area contributed by atoms with E-state index in [4.69, 9.17) is 4.74 Å². The first-order chi connectivity index (χ1) is 8.88. The summed E-state index contributed by atoms with van der Waals surface area (Å²) in [6.45, 7) is 14.9. The van der Waals surface area contributed by atoms with Crippen LogP contribution in [0.15, 0.2) is 0 Å². The van der Waals surface area contributed by atoms with Gasteiger partial charge in [-0.1, -0.05) is 34.6 Å². The van der Waals surface area contributed by atoms with Crippen LogP contribution < -0.4 is 5.32 Å². The summed E-state index contributed by atoms with van der Waals surface area (Å²) in [5.41, 5.74) is 0.445. The van der Waals surface area contributed by atoms with Gasteiger partial charge in [-0.05, 0) is 56.9 Å². The van der Waals surface area contributed by atoms with Crippen LogP contribution in [-0.2, 0) is 4.74 Å². The summed E-state index contributed by atoms with van der Waals surface area (Å²) < 4.78 is 6.38. The van der Waals surface area contributed by atoms with Crippen molar-refractivity contribution in [3.63, 3.8) is 0 Å². The maximum Gasteiger partial charge on any atom is 0.0703 e. The molecule has 1 rings (SSSR count). The zero-order valence-electron chi connectivity index (χ0n) is 14.0. The second-order valence-electron chi connectivity index (χ2n) is 7.35. The summed E-state index contributed by atoms with van der Waals surface area (Å²) >= 11 is 0. The molecule has 1 fully saturated rings. The third kappa shape index (κ3) is 5.83. The molecular weight excluding hydrogens is 234 g/mol. The Bertz CT molecular complexity index is 252. The standard InChI is InChI=1S/C17H35NO/c1-7-9-18-16(8-2)14(4)19-15-10-13(3)11-17(5,6)12-15/h13-16,18H,7-12H2,1-6H3. The van der Waals surface area contributed by atoms with Crippen molar-refractivity contribution in [2.24, 2.45) is 11.3 Å². The normalized spacial score (nSPS) is 30.0. The van der Waals surface area contributed by atoms with E-state index < -0.39 is 0 Å². The minimum absolute atomic E-state index is 0.322. The highest BCUT2D eigenvalue weighted by molar-refractivity contribution is 4.85. The van der Waals surface area contributed by atoms with Gasteiger partial charge in [0.15, 0.2) is 0 Å². The first kappa shape index (κ1) is 17.0. The predicted octanol–water partition coefficient (Wildman–Crippen LogP) is 4.38. The molecule has 1 aliphatic carbocycles. The first-order valence-electron chi connectivity index (χ1n) is 8.26. The largest absolute Gasteiger partial charge is 0.374 e. The van der Waals surface area contributed by atoms with Gasteiger partial charge in [0, 0.05) is 6.04 Å². The Morgan fingerprint density at radius 2 is 1.95 bits per heavy atom. The smallest absolute Gasteiger partial charge is 0.0703 e. The fourth-order valence-corrected chi connectivity index (χ4v) is 3.73. The fraction of sp³-hybridized carbons (Fsp3) is 1.00. The van der Waals surface area contributed by atoms with Crippen LogP contribution in [-0.4, -0.2) is 24.8 Å². The van der Waals surface area contributed by atoms with E-state index in [1.165, 1.54) is 25.7 Å². The van der Waals surface area contributed by atoms with Gasteiger partial charge in [0.2, 0.25) is 0 Å². The Kier molecular flexibility index (Phi) is 6.82. The lowest BCUT2D eigenvalue weighted by Gasteiger charge is -2.40. The SMILES string of the molecule is CCCNC(CC)C(C)OC1CC(C)CC(C)(C)C1. The molecule has 0 aromatic rings. The average Bonchev–Trinajstić information content (AvgIpc) is 2.27. The lowest BCUT2D eigenvalue weighted by molar-refractivity contribution is -0.0708. The van der Waals surface area contributed by atoms with Crippen molar-refractivity contribution < 1.29 is 4.74 Å². The van der Waals surface area contributed by atoms with Crippen molar-refractivity contribution in [1.29, 1.82) is 0 Å². The Hall–Kier alpha value is -0.0800. The van der Waals surface area contributed by atoms with Crippen molar-refractivity contribution in [3.05, 3.63) is 0 Å². The predicted molar refractivity (Wildman–Crippen MR) is 83.5 cm³/mol. The van der Waals surface area contributed by atoms with Crippen molar-refractivity contribution in [1.82, 2.24) is 5.32 Å². The topological polar surface area (TPSA) is 21.3 Å². The molecule has 0 spiro atoms. The molecule has 114 valence electrons. The second-order valence-corrected chi connectivity index (χ2v) is 7.35. The molecule has 1 aliphatic rings. The molecule has 0 aliphatic heterocycles. The van der Waals surface area contributed by atoms with Crippen molar-refractivity contribution in [2.45, 2.75) is 91.9 Å². The molecule has 0 bridgehead atoms. The lowest BCUT2D eigenvalue weighted by atomic mass is 9.71. The molecule has 0 radical (unpaired) electrons. The van der Waals surface area contributed by atoms with Crippen LogP contribution in [0.25, 0.3) is 0 Å². The van der Waals surface area contributed by atoms with Gasteiger partial charge in [-0.25, -0.2) is 0 Å². The van der Waals surface area contributed by atoms with Crippen molar-refractivity contribution >= 4 is 0 Å². The van der Waals surface area contributed by atoms with E-state index in [-0.39, 0.29) is 0 Å². The van der Waals surface area contributed by atoms with Crippen molar-refractivity contribution in [2.75, 3.05) is 6.54 Å². The van der Waals surface area contributed by atoms with Crippen LogP contribution in [0.4, 0.5) is 0 Å². The molecule has 0 aromatic carbocycles. The highest BCUT2D eigenvalue weighted by Gasteiger charge is 2.33. The first-order valence-corrected chi connectivity index (χ1v) is 8.26. The van der Waals surface area contributed by atoms with Gasteiger partial charge in [-0.15, -0.1) is 0 Å². The zero-order chi connectivity index (χ0) is 14.5. The number of hydrogen-bond donors (Lipinski definition) is 1. The van der Waals surface area contributed by atoms with Crippen LogP contribution in [0.2, 0.25) is 0 Å². The van der Waals surface area contributed by atoms with Gasteiger partial charge >= 0.3 is 0 Å². The van der Waals surface area contributed by atoms with E-state index in [2.05, 4.69) is 46.9 Å². The molecule has 0 heterocycles. The average molecular weight is 269 g/mol. The summed E-state index contributed by atoms with van der Waals surface area (Å²) in [4.78, 5) is 0. The fourth-order valence-electron chi connectivity index (χ4n) is 3.73.